The normalized spacial score (nSPS) is 13.5. The van der Waals surface area contributed by atoms with E-state index < -0.39 is 18.1 Å². The van der Waals surface area contributed by atoms with Gasteiger partial charge in [-0.25, -0.2) is 0 Å². The van der Waals surface area contributed by atoms with Crippen molar-refractivity contribution in [2.45, 2.75) is 19.0 Å². The quantitative estimate of drug-likeness (QED) is 0.869. The molecule has 1 N–H and O–H groups in total. The minimum Gasteiger partial charge on any atom is -0.465 e. The van der Waals surface area contributed by atoms with Crippen LogP contribution in [-0.2, 0) is 9.53 Å². The van der Waals surface area contributed by atoms with Crippen molar-refractivity contribution >= 4 is 16.9 Å². The number of carbonyl (C=O) groups is 1. The van der Waals surface area contributed by atoms with Crippen LogP contribution < -0.4 is 0 Å². The first kappa shape index (κ1) is 13.5. The Morgan fingerprint density at radius 2 is 2.05 bits per heavy atom. The number of hydrogen-bond donors (Lipinski definition) is 1. The number of aromatic nitrogens is 1. The highest BCUT2D eigenvalue weighted by atomic mass is 19.4. The molecule has 19 heavy (non-hydrogen) atoms. The fraction of sp³-hybridized carbons (Fsp3) is 0.308. The molecule has 0 aliphatic rings. The highest BCUT2D eigenvalue weighted by molar-refractivity contribution is 5.85. The Morgan fingerprint density at radius 1 is 1.37 bits per heavy atom. The van der Waals surface area contributed by atoms with Crippen LogP contribution in [0.5, 0.6) is 0 Å². The van der Waals surface area contributed by atoms with Crippen LogP contribution in [0.15, 0.2) is 30.3 Å². The molecule has 1 aromatic heterocycles. The van der Waals surface area contributed by atoms with Gasteiger partial charge in [0.1, 0.15) is 0 Å². The van der Waals surface area contributed by atoms with Crippen molar-refractivity contribution in [3.8, 4) is 0 Å². The topological polar surface area (TPSA) is 42.1 Å². The zero-order valence-electron chi connectivity index (χ0n) is 10.1. The minimum absolute atomic E-state index is 0.0916. The number of para-hydroxylation sites is 1. The van der Waals surface area contributed by atoms with Crippen LogP contribution >= 0.6 is 0 Å². The summed E-state index contributed by atoms with van der Waals surface area (Å²) in [6, 6.07) is 8.07. The predicted molar refractivity (Wildman–Crippen MR) is 63.7 cm³/mol. The molecule has 2 aromatic rings. The molecule has 0 saturated carbocycles. The molecular formula is C13H12F3NO2. The van der Waals surface area contributed by atoms with Crippen LogP contribution in [0.3, 0.4) is 0 Å². The zero-order valence-corrected chi connectivity index (χ0v) is 10.1. The van der Waals surface area contributed by atoms with Crippen LogP contribution in [0.4, 0.5) is 13.2 Å². The molecule has 0 aliphatic carbocycles. The number of nitrogens with one attached hydrogen (secondary N) is 1. The van der Waals surface area contributed by atoms with Gasteiger partial charge in [-0.2, -0.15) is 13.2 Å². The van der Waals surface area contributed by atoms with Crippen molar-refractivity contribution < 1.29 is 22.7 Å². The first-order chi connectivity index (χ1) is 8.93. The van der Waals surface area contributed by atoms with E-state index in [4.69, 9.17) is 0 Å². The molecule has 3 nitrogen and oxygen atoms in total. The van der Waals surface area contributed by atoms with Gasteiger partial charge in [0, 0.05) is 11.2 Å². The van der Waals surface area contributed by atoms with Gasteiger partial charge in [0.25, 0.3) is 0 Å². The molecule has 0 aliphatic heterocycles. The van der Waals surface area contributed by atoms with Crippen LogP contribution in [0.1, 0.15) is 18.5 Å². The molecule has 0 radical (unpaired) electrons. The second-order valence-electron chi connectivity index (χ2n) is 4.04. The third kappa shape index (κ3) is 2.72. The summed E-state index contributed by atoms with van der Waals surface area (Å²) in [5.74, 6) is -3.57. The Balaban J connectivity index is 2.45. The minimum atomic E-state index is -4.69. The number of esters is 1. The van der Waals surface area contributed by atoms with Crippen molar-refractivity contribution in [3.05, 3.63) is 36.0 Å². The number of benzene rings is 1. The lowest BCUT2D eigenvalue weighted by Crippen LogP contribution is -2.30. The molecule has 1 atom stereocenters. The number of hydrogen-bond acceptors (Lipinski definition) is 2. The molecule has 1 aromatic carbocycles. The molecule has 1 heterocycles. The number of aromatic amines is 1. The number of ether oxygens (including phenoxy) is 1. The Morgan fingerprint density at radius 3 is 2.63 bits per heavy atom. The summed E-state index contributed by atoms with van der Waals surface area (Å²) in [6.07, 6.45) is -4.69. The number of H-pyrrole nitrogens is 1. The number of carbonyl (C=O) groups excluding carboxylic acids is 1. The number of halogens is 3. The monoisotopic (exact) mass is 271 g/mol. The molecule has 2 rings (SSSR count). The van der Waals surface area contributed by atoms with E-state index in [0.717, 1.165) is 0 Å². The van der Waals surface area contributed by atoms with Gasteiger partial charge in [-0.3, -0.25) is 4.79 Å². The van der Waals surface area contributed by atoms with Crippen LogP contribution in [0.25, 0.3) is 10.9 Å². The molecule has 6 heteroatoms. The van der Waals surface area contributed by atoms with E-state index >= 15 is 0 Å². The molecule has 0 bridgehead atoms. The van der Waals surface area contributed by atoms with Gasteiger partial charge in [-0.1, -0.05) is 18.2 Å². The van der Waals surface area contributed by atoms with E-state index in [2.05, 4.69) is 9.72 Å². The van der Waals surface area contributed by atoms with Gasteiger partial charge >= 0.3 is 12.1 Å². The predicted octanol–water partition coefficient (Wildman–Crippen LogP) is 3.38. The highest BCUT2D eigenvalue weighted by Gasteiger charge is 2.48. The maximum Gasteiger partial charge on any atom is 0.407 e. The molecule has 0 fully saturated rings. The average molecular weight is 271 g/mol. The second-order valence-corrected chi connectivity index (χ2v) is 4.04. The largest absolute Gasteiger partial charge is 0.465 e. The smallest absolute Gasteiger partial charge is 0.407 e. The summed E-state index contributed by atoms with van der Waals surface area (Å²) in [7, 11) is 0. The Hall–Kier alpha value is -1.98. The SMILES string of the molecule is CCOC(=O)C(c1cc2ccccc2[nH]1)C(F)(F)F. The van der Waals surface area contributed by atoms with E-state index in [9.17, 15) is 18.0 Å². The van der Waals surface area contributed by atoms with E-state index in [1.807, 2.05) is 0 Å². The first-order valence-electron chi connectivity index (χ1n) is 5.74. The molecule has 102 valence electrons. The van der Waals surface area contributed by atoms with Gasteiger partial charge in [0.2, 0.25) is 0 Å². The van der Waals surface area contributed by atoms with E-state index in [1.165, 1.54) is 13.0 Å². The van der Waals surface area contributed by atoms with Gasteiger partial charge in [-0.15, -0.1) is 0 Å². The van der Waals surface area contributed by atoms with Crippen molar-refractivity contribution in [1.29, 1.82) is 0 Å². The maximum atomic E-state index is 13.0. The molecular weight excluding hydrogens is 259 g/mol. The third-order valence-corrected chi connectivity index (χ3v) is 2.71. The van der Waals surface area contributed by atoms with Crippen LogP contribution in [0.2, 0.25) is 0 Å². The van der Waals surface area contributed by atoms with Crippen molar-refractivity contribution in [2.24, 2.45) is 0 Å². The Labute approximate surface area is 107 Å². The van der Waals surface area contributed by atoms with Crippen LogP contribution in [0, 0.1) is 0 Å². The van der Waals surface area contributed by atoms with Gasteiger partial charge in [-0.05, 0) is 24.4 Å². The lowest BCUT2D eigenvalue weighted by molar-refractivity contribution is -0.181. The van der Waals surface area contributed by atoms with E-state index in [1.54, 1.807) is 24.3 Å². The second kappa shape index (κ2) is 4.95. The summed E-state index contributed by atoms with van der Waals surface area (Å²) in [6.45, 7) is 1.38. The summed E-state index contributed by atoms with van der Waals surface area (Å²) >= 11 is 0. The number of alkyl halides is 3. The molecule has 0 spiro atoms. The number of fused-ring (bicyclic) bond motifs is 1. The maximum absolute atomic E-state index is 13.0. The highest BCUT2D eigenvalue weighted by Crippen LogP contribution is 2.36. The zero-order chi connectivity index (χ0) is 14.0. The fourth-order valence-corrected chi connectivity index (χ4v) is 1.91. The molecule has 0 saturated heterocycles. The summed E-state index contributed by atoms with van der Waals surface area (Å²) in [5, 5.41) is 0.621. The lowest BCUT2D eigenvalue weighted by atomic mass is 10.1. The lowest BCUT2D eigenvalue weighted by Gasteiger charge is -2.17. The summed E-state index contributed by atoms with van der Waals surface area (Å²) in [5.41, 5.74) is 0.350. The average Bonchev–Trinajstić information content (AvgIpc) is 2.70. The van der Waals surface area contributed by atoms with Gasteiger partial charge < -0.3 is 9.72 Å². The van der Waals surface area contributed by atoms with Crippen molar-refractivity contribution in [1.82, 2.24) is 4.98 Å². The standard InChI is InChI=1S/C13H12F3NO2/c1-2-19-12(18)11(13(14,15)16)10-7-8-5-3-4-6-9(8)17-10/h3-7,11,17H,2H2,1H3. The van der Waals surface area contributed by atoms with E-state index in [0.29, 0.717) is 10.9 Å². The Bertz CT molecular complexity index is 556. The van der Waals surface area contributed by atoms with Crippen LogP contribution in [-0.4, -0.2) is 23.7 Å². The molecule has 0 amide bonds. The van der Waals surface area contributed by atoms with Crippen molar-refractivity contribution in [2.75, 3.05) is 6.61 Å². The summed E-state index contributed by atoms with van der Waals surface area (Å²) in [4.78, 5) is 14.1. The third-order valence-electron chi connectivity index (χ3n) is 2.71. The number of rotatable bonds is 3. The summed E-state index contributed by atoms with van der Waals surface area (Å²) < 4.78 is 43.5. The van der Waals surface area contributed by atoms with E-state index in [-0.39, 0.29) is 12.3 Å². The first-order valence-corrected chi connectivity index (χ1v) is 5.74. The Kier molecular flexibility index (Phi) is 3.50. The fourth-order valence-electron chi connectivity index (χ4n) is 1.91. The van der Waals surface area contributed by atoms with Gasteiger partial charge in [0.15, 0.2) is 5.92 Å². The van der Waals surface area contributed by atoms with Crippen molar-refractivity contribution in [3.63, 3.8) is 0 Å². The van der Waals surface area contributed by atoms with Gasteiger partial charge in [0.05, 0.1) is 6.61 Å². The molecule has 1 unspecified atom stereocenters.